The highest BCUT2D eigenvalue weighted by molar-refractivity contribution is 7.83. The number of hydrogen-bond donors (Lipinski definition) is 1. The van der Waals surface area contributed by atoms with Gasteiger partial charge >= 0.3 is 18.4 Å². The first kappa shape index (κ1) is 40.5. The lowest BCUT2D eigenvalue weighted by Crippen LogP contribution is -2.39. The Labute approximate surface area is 259 Å². The molecule has 0 saturated carbocycles. The molecule has 2 aromatic rings. The van der Waals surface area contributed by atoms with E-state index in [0.717, 1.165) is 11.0 Å². The smallest absolute Gasteiger partial charge is 0.416 e. The van der Waals surface area contributed by atoms with Gasteiger partial charge in [-0.3, -0.25) is 9.69 Å². The quantitative estimate of drug-likeness (QED) is 0.204. The van der Waals surface area contributed by atoms with Gasteiger partial charge in [0.05, 0.1) is 6.54 Å². The van der Waals surface area contributed by atoms with Crippen LogP contribution < -0.4 is 9.62 Å². The van der Waals surface area contributed by atoms with Gasteiger partial charge in [-0.05, 0) is 57.0 Å². The Bertz CT molecular complexity index is 1200. The van der Waals surface area contributed by atoms with Crippen molar-refractivity contribution >= 4 is 35.3 Å². The summed E-state index contributed by atoms with van der Waals surface area (Å²) in [5, 5.41) is 0. The summed E-state index contributed by atoms with van der Waals surface area (Å²) in [6, 6.07) is 10.4. The van der Waals surface area contributed by atoms with Crippen LogP contribution >= 0.6 is 0 Å². The van der Waals surface area contributed by atoms with E-state index in [1.165, 1.54) is 17.0 Å². The van der Waals surface area contributed by atoms with Crippen LogP contribution in [0.1, 0.15) is 61.0 Å². The van der Waals surface area contributed by atoms with Gasteiger partial charge in [0.15, 0.2) is 0 Å². The van der Waals surface area contributed by atoms with E-state index >= 15 is 4.39 Å². The third kappa shape index (κ3) is 14.8. The molecule has 248 valence electrons. The number of imide groups is 1. The summed E-state index contributed by atoms with van der Waals surface area (Å²) in [5.74, 6) is -2.10. The summed E-state index contributed by atoms with van der Waals surface area (Å²) in [7, 11) is -2.27. The predicted octanol–water partition coefficient (Wildman–Crippen LogP) is 7.22. The summed E-state index contributed by atoms with van der Waals surface area (Å²) < 4.78 is 75.9. The summed E-state index contributed by atoms with van der Waals surface area (Å²) >= 11 is 0. The molecule has 0 aromatic heterocycles. The van der Waals surface area contributed by atoms with Crippen molar-refractivity contribution in [3.8, 4) is 11.1 Å². The highest BCUT2D eigenvalue weighted by Crippen LogP contribution is 2.28. The van der Waals surface area contributed by atoms with Crippen molar-refractivity contribution in [2.24, 2.45) is 0 Å². The number of nitrogens with zero attached hydrogens (tertiary/aromatic N) is 2. The Morgan fingerprint density at radius 2 is 1.57 bits per heavy atom. The van der Waals surface area contributed by atoms with Crippen LogP contribution in [0.2, 0.25) is 0 Å². The maximum atomic E-state index is 15.0. The lowest BCUT2D eigenvalue weighted by Gasteiger charge is -2.24. The number of alkyl halides is 3. The number of hydrogen-bond acceptors (Lipinski definition) is 6. The minimum atomic E-state index is -4.55. The molecule has 0 heterocycles. The monoisotopic (exact) mass is 649 g/mol. The molecule has 2 aromatic carbocycles. The Hall–Kier alpha value is -3.52. The number of ether oxygens (including phenoxy) is 2. The van der Waals surface area contributed by atoms with Gasteiger partial charge in [-0.1, -0.05) is 52.0 Å². The van der Waals surface area contributed by atoms with Gasteiger partial charge in [0, 0.05) is 24.3 Å². The summed E-state index contributed by atoms with van der Waals surface area (Å²) in [6.45, 7) is 14.1. The van der Waals surface area contributed by atoms with Crippen LogP contribution in [0, 0.1) is 5.82 Å². The highest BCUT2D eigenvalue weighted by Gasteiger charge is 2.30. The maximum absolute atomic E-state index is 15.0. The second kappa shape index (κ2) is 19.7. The largest absolute Gasteiger partial charge is 0.447 e. The van der Waals surface area contributed by atoms with Gasteiger partial charge in [-0.25, -0.2) is 27.8 Å². The molecule has 0 aliphatic heterocycles. The van der Waals surface area contributed by atoms with Crippen molar-refractivity contribution in [1.82, 2.24) is 9.62 Å². The molecular formula is C30H43F4N3O6S. The molecule has 0 fully saturated rings. The topological polar surface area (TPSA) is 105 Å². The van der Waals surface area contributed by atoms with Crippen molar-refractivity contribution in [3.05, 3.63) is 53.8 Å². The molecule has 44 heavy (non-hydrogen) atoms. The van der Waals surface area contributed by atoms with E-state index in [-0.39, 0.29) is 43.9 Å². The molecule has 0 spiro atoms. The van der Waals surface area contributed by atoms with E-state index in [1.807, 2.05) is 27.7 Å². The number of benzene rings is 2. The molecule has 9 nitrogen and oxygen atoms in total. The fourth-order valence-electron chi connectivity index (χ4n) is 3.31. The van der Waals surface area contributed by atoms with Crippen LogP contribution in [0.25, 0.3) is 11.1 Å². The zero-order valence-corrected chi connectivity index (χ0v) is 27.2. The molecule has 3 amide bonds. The molecule has 0 radical (unpaired) electrons. The van der Waals surface area contributed by atoms with Crippen LogP contribution in [0.15, 0.2) is 42.5 Å². The zero-order chi connectivity index (χ0) is 34.1. The normalized spacial score (nSPS) is 11.5. The zero-order valence-electron chi connectivity index (χ0n) is 26.4. The van der Waals surface area contributed by atoms with E-state index in [0.29, 0.717) is 11.1 Å². The minimum Gasteiger partial charge on any atom is -0.447 e. The van der Waals surface area contributed by atoms with E-state index in [1.54, 1.807) is 52.0 Å². The standard InChI is InChI=1S/C26H31F4N3O6S.2C2H6/c1-5-33(24(36)38-13-12-32(17-34)23(35)39-25(2,3)4)20-10-11-21(22(27)14-20)19-8-6-18(7-9-19)15-31-40(37)16-26(28,29)30;2*1-2/h6-11,14,17,31H,5,12-13,15-16H2,1-4H3;2*1-2H3. The lowest BCUT2D eigenvalue weighted by atomic mass is 10.0. The second-order valence-corrected chi connectivity index (χ2v) is 10.7. The van der Waals surface area contributed by atoms with Gasteiger partial charge < -0.3 is 9.47 Å². The van der Waals surface area contributed by atoms with Crippen molar-refractivity contribution in [2.75, 3.05) is 30.3 Å². The first-order valence-electron chi connectivity index (χ1n) is 14.1. The minimum absolute atomic E-state index is 0.0691. The molecular weight excluding hydrogens is 606 g/mol. The second-order valence-electron chi connectivity index (χ2n) is 9.42. The molecule has 0 aliphatic carbocycles. The average Bonchev–Trinajstić information content (AvgIpc) is 2.95. The molecule has 0 bridgehead atoms. The van der Waals surface area contributed by atoms with Gasteiger partial charge in [0.1, 0.15) is 34.8 Å². The number of amides is 3. The van der Waals surface area contributed by atoms with Crippen LogP contribution in [0.4, 0.5) is 32.8 Å². The van der Waals surface area contributed by atoms with Gasteiger partial charge in [-0.15, -0.1) is 0 Å². The predicted molar refractivity (Wildman–Crippen MR) is 164 cm³/mol. The summed E-state index contributed by atoms with van der Waals surface area (Å²) in [6.07, 6.45) is -5.98. The van der Waals surface area contributed by atoms with Crippen molar-refractivity contribution in [3.63, 3.8) is 0 Å². The summed E-state index contributed by atoms with van der Waals surface area (Å²) in [4.78, 5) is 37.7. The van der Waals surface area contributed by atoms with E-state index in [9.17, 15) is 31.8 Å². The Morgan fingerprint density at radius 3 is 2.05 bits per heavy atom. The number of anilines is 1. The Balaban J connectivity index is 0.00000443. The van der Waals surface area contributed by atoms with Crippen LogP contribution in [-0.4, -0.2) is 64.9 Å². The Morgan fingerprint density at radius 1 is 0.977 bits per heavy atom. The lowest BCUT2D eigenvalue weighted by molar-refractivity contribution is -0.118. The average molecular weight is 650 g/mol. The fraction of sp³-hybridized carbons (Fsp3) is 0.500. The van der Waals surface area contributed by atoms with Gasteiger partial charge in [0.2, 0.25) is 6.41 Å². The molecule has 1 N–H and O–H groups in total. The number of carbonyl (C=O) groups is 3. The highest BCUT2D eigenvalue weighted by atomic mass is 32.2. The summed E-state index contributed by atoms with van der Waals surface area (Å²) in [5.41, 5.74) is 0.639. The van der Waals surface area contributed by atoms with E-state index in [4.69, 9.17) is 9.47 Å². The molecule has 0 saturated heterocycles. The van der Waals surface area contributed by atoms with Crippen LogP contribution in [0.3, 0.4) is 0 Å². The SMILES string of the molecule is CC.CC.CCN(C(=O)OCCN(C=O)C(=O)OC(C)(C)C)c1ccc(-c2ccc(CNS(=O)CC(F)(F)F)cc2)c(F)c1. The molecule has 0 aliphatic rings. The number of rotatable bonds is 11. The molecule has 1 unspecified atom stereocenters. The van der Waals surface area contributed by atoms with Crippen LogP contribution in [-0.2, 0) is 31.8 Å². The third-order valence-corrected chi connectivity index (χ3v) is 6.17. The van der Waals surface area contributed by atoms with Crippen LogP contribution in [0.5, 0.6) is 0 Å². The van der Waals surface area contributed by atoms with E-state index < -0.39 is 46.5 Å². The maximum Gasteiger partial charge on any atom is 0.416 e. The first-order chi connectivity index (χ1) is 20.6. The number of nitrogens with one attached hydrogen (secondary N) is 1. The first-order valence-corrected chi connectivity index (χ1v) is 15.4. The number of carbonyl (C=O) groups excluding carboxylic acids is 3. The molecule has 1 atom stereocenters. The van der Waals surface area contributed by atoms with Crippen molar-refractivity contribution in [2.45, 2.75) is 73.7 Å². The van der Waals surface area contributed by atoms with Crippen molar-refractivity contribution in [1.29, 1.82) is 0 Å². The van der Waals surface area contributed by atoms with Crippen molar-refractivity contribution < 1.29 is 45.6 Å². The fourth-order valence-corrected chi connectivity index (χ4v) is 4.03. The van der Waals surface area contributed by atoms with E-state index in [2.05, 4.69) is 4.72 Å². The molecule has 14 heteroatoms. The third-order valence-electron chi connectivity index (χ3n) is 5.11. The number of halogens is 4. The van der Waals surface area contributed by atoms with Gasteiger partial charge in [0.25, 0.3) is 0 Å². The van der Waals surface area contributed by atoms with Gasteiger partial charge in [-0.2, -0.15) is 13.2 Å². The molecule has 2 rings (SSSR count). The Kier molecular flexibility index (Phi) is 18.1.